The van der Waals surface area contributed by atoms with E-state index in [0.29, 0.717) is 0 Å². The van der Waals surface area contributed by atoms with Crippen molar-refractivity contribution in [1.82, 2.24) is 0 Å². The number of aliphatic hydroxyl groups excluding tert-OH is 1. The first-order valence-corrected chi connectivity index (χ1v) is 7.31. The maximum atomic E-state index is 9.38. The van der Waals surface area contributed by atoms with E-state index in [9.17, 15) is 5.11 Å². The molecule has 1 atom stereocenters. The summed E-state index contributed by atoms with van der Waals surface area (Å²) in [5.41, 5.74) is 2.17. The van der Waals surface area contributed by atoms with Crippen molar-refractivity contribution in [2.75, 3.05) is 18.5 Å². The van der Waals surface area contributed by atoms with Gasteiger partial charge in [0.05, 0.1) is 12.3 Å². The lowest BCUT2D eigenvalue weighted by Crippen LogP contribution is -2.29. The fourth-order valence-electron chi connectivity index (χ4n) is 1.46. The number of aliphatic hydroxyl groups is 1. The molecule has 0 bridgehead atoms. The Morgan fingerprint density at radius 3 is 2.24 bits per heavy atom. The van der Waals surface area contributed by atoms with Gasteiger partial charge in [0.2, 0.25) is 0 Å². The zero-order valence-electron chi connectivity index (χ0n) is 10.5. The number of hydrogen-bond acceptors (Lipinski definition) is 2. The maximum absolute atomic E-state index is 9.38. The summed E-state index contributed by atoms with van der Waals surface area (Å²) in [6.07, 6.45) is 0.942. The summed E-state index contributed by atoms with van der Waals surface area (Å²) >= 11 is 7.11. The van der Waals surface area contributed by atoms with E-state index in [-0.39, 0.29) is 12.0 Å². The van der Waals surface area contributed by atoms with Crippen LogP contribution in [0.15, 0.2) is 21.1 Å². The molecule has 0 aromatic heterocycles. The van der Waals surface area contributed by atoms with Gasteiger partial charge < -0.3 is 10.4 Å². The van der Waals surface area contributed by atoms with Crippen LogP contribution in [0.1, 0.15) is 25.8 Å². The van der Waals surface area contributed by atoms with Gasteiger partial charge in [-0.2, -0.15) is 0 Å². The zero-order valence-corrected chi connectivity index (χ0v) is 13.7. The highest BCUT2D eigenvalue weighted by atomic mass is 79.9. The molecule has 2 N–H and O–H groups in total. The lowest BCUT2D eigenvalue weighted by Gasteiger charge is -2.27. The Bertz CT molecular complexity index is 366. The molecule has 1 aromatic rings. The van der Waals surface area contributed by atoms with Gasteiger partial charge in [-0.05, 0) is 62.9 Å². The molecule has 0 spiro atoms. The van der Waals surface area contributed by atoms with Gasteiger partial charge in [-0.25, -0.2) is 0 Å². The first kappa shape index (κ1) is 15.0. The molecule has 0 aliphatic rings. The smallest absolute Gasteiger partial charge is 0.0629 e. The van der Waals surface area contributed by atoms with Crippen molar-refractivity contribution in [3.05, 3.63) is 26.6 Å². The van der Waals surface area contributed by atoms with Gasteiger partial charge in [0.15, 0.2) is 0 Å². The van der Waals surface area contributed by atoms with Crippen LogP contribution < -0.4 is 5.32 Å². The molecule has 0 saturated carbocycles. The molecule has 96 valence electrons. The number of rotatable bonds is 5. The molecule has 0 fully saturated rings. The molecule has 0 radical (unpaired) electrons. The highest BCUT2D eigenvalue weighted by Gasteiger charge is 2.21. The van der Waals surface area contributed by atoms with E-state index in [1.165, 1.54) is 5.56 Å². The van der Waals surface area contributed by atoms with Gasteiger partial charge in [0.25, 0.3) is 0 Å². The number of aryl methyl sites for hydroxylation is 1. The first-order chi connectivity index (χ1) is 7.91. The number of halogens is 2. The Balaban J connectivity index is 2.83. The van der Waals surface area contributed by atoms with Crippen molar-refractivity contribution in [3.8, 4) is 0 Å². The summed E-state index contributed by atoms with van der Waals surface area (Å²) in [6.45, 7) is 7.17. The van der Waals surface area contributed by atoms with Crippen molar-refractivity contribution in [3.63, 3.8) is 0 Å². The van der Waals surface area contributed by atoms with Crippen molar-refractivity contribution in [1.29, 1.82) is 0 Å². The lowest BCUT2D eigenvalue weighted by molar-refractivity contribution is 0.149. The molecule has 0 amide bonds. The van der Waals surface area contributed by atoms with Gasteiger partial charge in [0.1, 0.15) is 0 Å². The zero-order chi connectivity index (χ0) is 13.1. The molecular weight excluding hydrogens is 346 g/mol. The van der Waals surface area contributed by atoms with Crippen LogP contribution in [0.2, 0.25) is 0 Å². The van der Waals surface area contributed by atoms with Gasteiger partial charge >= 0.3 is 0 Å². The summed E-state index contributed by atoms with van der Waals surface area (Å²) in [6, 6.07) is 4.16. The number of benzene rings is 1. The second kappa shape index (κ2) is 6.21. The summed E-state index contributed by atoms with van der Waals surface area (Å²) in [5, 5.41) is 12.8. The minimum Gasteiger partial charge on any atom is -0.396 e. The fraction of sp³-hybridized carbons (Fsp3) is 0.538. The topological polar surface area (TPSA) is 32.3 Å². The Kier molecular flexibility index (Phi) is 5.48. The van der Waals surface area contributed by atoms with E-state index in [4.69, 9.17) is 0 Å². The fourth-order valence-corrected chi connectivity index (χ4v) is 3.16. The van der Waals surface area contributed by atoms with Crippen molar-refractivity contribution >= 4 is 37.5 Å². The van der Waals surface area contributed by atoms with Gasteiger partial charge in [0, 0.05) is 20.9 Å². The van der Waals surface area contributed by atoms with E-state index < -0.39 is 0 Å². The molecule has 1 unspecified atom stereocenters. The van der Waals surface area contributed by atoms with E-state index in [1.54, 1.807) is 0 Å². The monoisotopic (exact) mass is 363 g/mol. The second-order valence-electron chi connectivity index (χ2n) is 4.78. The van der Waals surface area contributed by atoms with Crippen LogP contribution in [0.5, 0.6) is 0 Å². The largest absolute Gasteiger partial charge is 0.396 e. The van der Waals surface area contributed by atoms with Crippen molar-refractivity contribution in [2.24, 2.45) is 5.41 Å². The highest BCUT2D eigenvalue weighted by Crippen LogP contribution is 2.33. The standard InChI is InChI=1S/C13H19Br2NO/c1-4-13(3,8-17)7-16-12-10(14)5-9(2)6-11(12)15/h5-6,16-17H,4,7-8H2,1-3H3. The van der Waals surface area contributed by atoms with Crippen LogP contribution in [0.25, 0.3) is 0 Å². The van der Waals surface area contributed by atoms with E-state index in [1.807, 2.05) is 0 Å². The Morgan fingerprint density at radius 1 is 1.29 bits per heavy atom. The van der Waals surface area contributed by atoms with Gasteiger partial charge in [-0.1, -0.05) is 13.8 Å². The lowest BCUT2D eigenvalue weighted by atomic mass is 9.88. The predicted molar refractivity (Wildman–Crippen MR) is 80.6 cm³/mol. The Hall–Kier alpha value is -0.0600. The average molecular weight is 365 g/mol. The molecule has 0 aliphatic carbocycles. The Morgan fingerprint density at radius 2 is 1.82 bits per heavy atom. The van der Waals surface area contributed by atoms with Crippen molar-refractivity contribution in [2.45, 2.75) is 27.2 Å². The quantitative estimate of drug-likeness (QED) is 0.814. The van der Waals surface area contributed by atoms with E-state index in [2.05, 4.69) is 70.1 Å². The van der Waals surface area contributed by atoms with Crippen molar-refractivity contribution < 1.29 is 5.11 Å². The van der Waals surface area contributed by atoms with E-state index in [0.717, 1.165) is 27.6 Å². The summed E-state index contributed by atoms with van der Waals surface area (Å²) in [7, 11) is 0. The van der Waals surface area contributed by atoms with Crippen LogP contribution in [0.3, 0.4) is 0 Å². The third-order valence-corrected chi connectivity index (χ3v) is 4.36. The van der Waals surface area contributed by atoms with Gasteiger partial charge in [-0.15, -0.1) is 0 Å². The third kappa shape index (κ3) is 3.97. The minimum absolute atomic E-state index is 0.0796. The first-order valence-electron chi connectivity index (χ1n) is 5.72. The molecule has 1 aromatic carbocycles. The normalized spacial score (nSPS) is 14.5. The molecule has 4 heteroatoms. The molecule has 0 heterocycles. The molecule has 2 nitrogen and oxygen atoms in total. The van der Waals surface area contributed by atoms with Crippen LogP contribution >= 0.6 is 31.9 Å². The highest BCUT2D eigenvalue weighted by molar-refractivity contribution is 9.11. The predicted octanol–water partition coefficient (Wildman–Crippen LogP) is 4.34. The summed E-state index contributed by atoms with van der Waals surface area (Å²) in [4.78, 5) is 0. The number of hydrogen-bond donors (Lipinski definition) is 2. The van der Waals surface area contributed by atoms with Gasteiger partial charge in [-0.3, -0.25) is 0 Å². The molecule has 17 heavy (non-hydrogen) atoms. The summed E-state index contributed by atoms with van der Waals surface area (Å²) in [5.74, 6) is 0. The molecular formula is C13H19Br2NO. The number of nitrogens with one attached hydrogen (secondary N) is 1. The second-order valence-corrected chi connectivity index (χ2v) is 6.49. The Labute approximate surface area is 120 Å². The van der Waals surface area contributed by atoms with E-state index >= 15 is 0 Å². The van der Waals surface area contributed by atoms with Crippen LogP contribution in [0.4, 0.5) is 5.69 Å². The number of anilines is 1. The van der Waals surface area contributed by atoms with Crippen LogP contribution in [-0.4, -0.2) is 18.3 Å². The average Bonchev–Trinajstić information content (AvgIpc) is 2.27. The molecule has 0 aliphatic heterocycles. The minimum atomic E-state index is -0.0796. The maximum Gasteiger partial charge on any atom is 0.0629 e. The SMILES string of the molecule is CCC(C)(CO)CNc1c(Br)cc(C)cc1Br. The molecule has 1 rings (SSSR count). The summed E-state index contributed by atoms with van der Waals surface area (Å²) < 4.78 is 2.08. The third-order valence-electron chi connectivity index (χ3n) is 3.11. The van der Waals surface area contributed by atoms with Crippen LogP contribution in [-0.2, 0) is 0 Å². The molecule has 0 saturated heterocycles. The van der Waals surface area contributed by atoms with Crippen LogP contribution in [0, 0.1) is 12.3 Å².